The number of rotatable bonds is 4. The number of halogens is 3. The lowest BCUT2D eigenvalue weighted by Gasteiger charge is -2.06. The van der Waals surface area contributed by atoms with Gasteiger partial charge >= 0.3 is 6.18 Å². The predicted octanol–water partition coefficient (Wildman–Crippen LogP) is 4.02. The van der Waals surface area contributed by atoms with Gasteiger partial charge in [-0.05, 0) is 36.2 Å². The lowest BCUT2D eigenvalue weighted by molar-refractivity contribution is -0.137. The number of benzene rings is 1. The molecule has 0 fully saturated rings. The molecule has 2 aromatic rings. The van der Waals surface area contributed by atoms with Gasteiger partial charge in [-0.15, -0.1) is 11.8 Å². The van der Waals surface area contributed by atoms with Gasteiger partial charge in [0.2, 0.25) is 0 Å². The zero-order chi connectivity index (χ0) is 14.6. The van der Waals surface area contributed by atoms with Crippen LogP contribution in [0.1, 0.15) is 11.1 Å². The zero-order valence-electron chi connectivity index (χ0n) is 10.5. The summed E-state index contributed by atoms with van der Waals surface area (Å²) in [7, 11) is 0. The lowest BCUT2D eigenvalue weighted by Crippen LogP contribution is -2.05. The number of nitrogens with two attached hydrogens (primary N) is 1. The number of nitrogens with zero attached hydrogens (tertiary/aromatic N) is 1. The van der Waals surface area contributed by atoms with Gasteiger partial charge in [-0.25, -0.2) is 4.98 Å². The summed E-state index contributed by atoms with van der Waals surface area (Å²) in [6.07, 6.45) is -2.65. The second kappa shape index (κ2) is 6.17. The molecule has 2 nitrogen and oxygen atoms in total. The molecule has 0 bridgehead atoms. The molecule has 0 saturated carbocycles. The number of thioether (sulfide) groups is 1. The highest BCUT2D eigenvalue weighted by Gasteiger charge is 2.30. The van der Waals surface area contributed by atoms with Gasteiger partial charge in [0, 0.05) is 17.6 Å². The molecule has 0 unspecified atom stereocenters. The van der Waals surface area contributed by atoms with Gasteiger partial charge in [0.25, 0.3) is 0 Å². The van der Waals surface area contributed by atoms with Crippen LogP contribution in [0.3, 0.4) is 0 Å². The third-order valence-corrected chi connectivity index (χ3v) is 3.63. The van der Waals surface area contributed by atoms with E-state index in [1.54, 1.807) is 0 Å². The number of aromatic nitrogens is 1. The molecule has 106 valence electrons. The average molecular weight is 298 g/mol. The molecule has 0 saturated heterocycles. The summed E-state index contributed by atoms with van der Waals surface area (Å²) < 4.78 is 37.1. The molecule has 0 aliphatic heterocycles. The van der Waals surface area contributed by atoms with Crippen molar-refractivity contribution in [2.75, 3.05) is 11.5 Å². The summed E-state index contributed by atoms with van der Waals surface area (Å²) in [5, 5.41) is 0.591. The molecular weight excluding hydrogens is 285 g/mol. The minimum absolute atomic E-state index is 0.591. The first-order valence-electron chi connectivity index (χ1n) is 5.95. The van der Waals surface area contributed by atoms with Crippen molar-refractivity contribution in [2.24, 2.45) is 0 Å². The van der Waals surface area contributed by atoms with Crippen molar-refractivity contribution in [3.8, 4) is 0 Å². The van der Waals surface area contributed by atoms with Crippen LogP contribution in [-0.2, 0) is 12.6 Å². The number of alkyl halides is 3. The molecule has 0 spiro atoms. The normalized spacial score (nSPS) is 11.6. The lowest BCUT2D eigenvalue weighted by atomic mass is 10.2. The number of hydrogen-bond acceptors (Lipinski definition) is 3. The van der Waals surface area contributed by atoms with Gasteiger partial charge in [0.15, 0.2) is 0 Å². The summed E-state index contributed by atoms with van der Waals surface area (Å²) in [4.78, 5) is 3.81. The van der Waals surface area contributed by atoms with Crippen LogP contribution in [0.5, 0.6) is 0 Å². The minimum atomic E-state index is -4.33. The van der Waals surface area contributed by atoms with Crippen molar-refractivity contribution in [1.29, 1.82) is 0 Å². The monoisotopic (exact) mass is 298 g/mol. The maximum Gasteiger partial charge on any atom is 0.417 e. The van der Waals surface area contributed by atoms with Crippen LogP contribution in [0.2, 0.25) is 0 Å². The maximum absolute atomic E-state index is 12.4. The summed E-state index contributed by atoms with van der Waals surface area (Å²) in [6.45, 7) is 0. The van der Waals surface area contributed by atoms with Crippen LogP contribution in [-0.4, -0.2) is 10.7 Å². The fourth-order valence-corrected chi connectivity index (χ4v) is 2.43. The van der Waals surface area contributed by atoms with E-state index in [0.717, 1.165) is 30.0 Å². The highest BCUT2D eigenvalue weighted by atomic mass is 32.2. The number of hydrogen-bond donors (Lipinski definition) is 1. The van der Waals surface area contributed by atoms with Crippen molar-refractivity contribution < 1.29 is 13.2 Å². The van der Waals surface area contributed by atoms with Crippen LogP contribution < -0.4 is 5.73 Å². The van der Waals surface area contributed by atoms with Gasteiger partial charge in [0.1, 0.15) is 0 Å². The van der Waals surface area contributed by atoms with Crippen molar-refractivity contribution in [3.63, 3.8) is 0 Å². The van der Waals surface area contributed by atoms with E-state index >= 15 is 0 Å². The van der Waals surface area contributed by atoms with Gasteiger partial charge in [-0.2, -0.15) is 13.2 Å². The molecule has 2 N–H and O–H groups in total. The van der Waals surface area contributed by atoms with Crippen molar-refractivity contribution in [3.05, 3.63) is 53.7 Å². The quantitative estimate of drug-likeness (QED) is 0.684. The van der Waals surface area contributed by atoms with Crippen LogP contribution >= 0.6 is 11.8 Å². The van der Waals surface area contributed by atoms with E-state index in [1.165, 1.54) is 17.8 Å². The van der Waals surface area contributed by atoms with Gasteiger partial charge in [0.05, 0.1) is 10.6 Å². The highest BCUT2D eigenvalue weighted by molar-refractivity contribution is 7.99. The smallest absolute Gasteiger partial charge is 0.399 e. The molecule has 0 atom stereocenters. The van der Waals surface area contributed by atoms with Gasteiger partial charge in [-0.1, -0.05) is 12.1 Å². The first-order valence-corrected chi connectivity index (χ1v) is 6.94. The second-order valence-corrected chi connectivity index (χ2v) is 5.34. The number of anilines is 1. The molecule has 1 heterocycles. The standard InChI is InChI=1S/C14H13F3N2S/c15-14(16,17)11-3-6-13(19-9-11)20-8-7-10-1-4-12(18)5-2-10/h1-6,9H,7-8,18H2. The molecular formula is C14H13F3N2S. The Morgan fingerprint density at radius 1 is 1.05 bits per heavy atom. The van der Waals surface area contributed by atoms with E-state index in [9.17, 15) is 13.2 Å². The van der Waals surface area contributed by atoms with Crippen molar-refractivity contribution in [2.45, 2.75) is 17.6 Å². The Kier molecular flexibility index (Phi) is 4.54. The number of pyridine rings is 1. The molecule has 6 heteroatoms. The largest absolute Gasteiger partial charge is 0.417 e. The van der Waals surface area contributed by atoms with E-state index < -0.39 is 11.7 Å². The maximum atomic E-state index is 12.4. The van der Waals surface area contributed by atoms with Crippen molar-refractivity contribution in [1.82, 2.24) is 4.98 Å². The summed E-state index contributed by atoms with van der Waals surface area (Å²) >= 11 is 1.43. The summed E-state index contributed by atoms with van der Waals surface area (Å²) in [5.74, 6) is 0.752. The van der Waals surface area contributed by atoms with E-state index in [-0.39, 0.29) is 0 Å². The average Bonchev–Trinajstić information content (AvgIpc) is 2.41. The molecule has 20 heavy (non-hydrogen) atoms. The summed E-state index contributed by atoms with van der Waals surface area (Å²) in [6, 6.07) is 9.99. The van der Waals surface area contributed by atoms with Crippen molar-refractivity contribution >= 4 is 17.4 Å². The van der Waals surface area contributed by atoms with Crippen LogP contribution in [0, 0.1) is 0 Å². The third-order valence-electron chi connectivity index (χ3n) is 2.68. The molecule has 1 aromatic carbocycles. The van der Waals surface area contributed by atoms with Gasteiger partial charge < -0.3 is 5.73 Å². The zero-order valence-corrected chi connectivity index (χ0v) is 11.3. The Morgan fingerprint density at radius 2 is 1.75 bits per heavy atom. The van der Waals surface area contributed by atoms with Crippen LogP contribution in [0.15, 0.2) is 47.6 Å². The van der Waals surface area contributed by atoms with Crippen LogP contribution in [0.4, 0.5) is 18.9 Å². The van der Waals surface area contributed by atoms with E-state index in [4.69, 9.17) is 5.73 Å². The molecule has 0 radical (unpaired) electrons. The minimum Gasteiger partial charge on any atom is -0.399 e. The molecule has 0 aliphatic carbocycles. The molecule has 0 amide bonds. The summed E-state index contributed by atoms with van der Waals surface area (Å²) in [5.41, 5.74) is 6.72. The van der Waals surface area contributed by atoms with Crippen LogP contribution in [0.25, 0.3) is 0 Å². The number of nitrogen functional groups attached to an aromatic ring is 1. The van der Waals surface area contributed by atoms with Gasteiger partial charge in [-0.3, -0.25) is 0 Å². The Bertz CT molecular complexity index is 550. The third kappa shape index (κ3) is 4.16. The molecule has 2 rings (SSSR count). The van der Waals surface area contributed by atoms with E-state index in [1.807, 2.05) is 24.3 Å². The Balaban J connectivity index is 1.87. The molecule has 0 aliphatic rings. The fourth-order valence-electron chi connectivity index (χ4n) is 1.59. The topological polar surface area (TPSA) is 38.9 Å². The predicted molar refractivity (Wildman–Crippen MR) is 74.5 cm³/mol. The SMILES string of the molecule is Nc1ccc(CCSc2ccc(C(F)(F)F)cn2)cc1. The Morgan fingerprint density at radius 3 is 2.30 bits per heavy atom. The Labute approximate surface area is 119 Å². The van der Waals surface area contributed by atoms with E-state index in [0.29, 0.717) is 10.7 Å². The fraction of sp³-hybridized carbons (Fsp3) is 0.214. The Hall–Kier alpha value is -1.69. The first kappa shape index (κ1) is 14.7. The highest BCUT2D eigenvalue weighted by Crippen LogP contribution is 2.29. The first-order chi connectivity index (χ1) is 9.45. The number of aryl methyl sites for hydroxylation is 1. The van der Waals surface area contributed by atoms with E-state index in [2.05, 4.69) is 4.98 Å². The second-order valence-electron chi connectivity index (χ2n) is 4.22. The molecule has 1 aromatic heterocycles.